The van der Waals surface area contributed by atoms with Crippen LogP contribution in [0.15, 0.2) is 176 Å². The van der Waals surface area contributed by atoms with Gasteiger partial charge in [-0.25, -0.2) is 0 Å². The van der Waals surface area contributed by atoms with Crippen LogP contribution in [0.5, 0.6) is 0 Å². The van der Waals surface area contributed by atoms with Crippen LogP contribution in [0.25, 0.3) is 60.5 Å². The molecule has 2 heteroatoms. The van der Waals surface area contributed by atoms with Gasteiger partial charge >= 0.3 is 0 Å². The van der Waals surface area contributed by atoms with Gasteiger partial charge in [-0.1, -0.05) is 182 Å². The zero-order valence-corrected chi connectivity index (χ0v) is 37.3. The maximum atomic E-state index is 2.54. The summed E-state index contributed by atoms with van der Waals surface area (Å²) in [7, 11) is 0. The first kappa shape index (κ1) is 39.7. The molecule has 2 nitrogen and oxygen atoms in total. The number of rotatable bonds is 7. The molecular weight excluding hydrogens is 749 g/mol. The van der Waals surface area contributed by atoms with Gasteiger partial charge in [0.05, 0.1) is 16.7 Å². The molecule has 0 unspecified atom stereocenters. The molecular formula is C60H58N2. The summed E-state index contributed by atoms with van der Waals surface area (Å²) in [4.78, 5) is 2.54. The normalized spacial score (nSPS) is 13.9. The lowest BCUT2D eigenvalue weighted by Gasteiger charge is -2.32. The topological polar surface area (TPSA) is 8.17 Å². The predicted octanol–water partition coefficient (Wildman–Crippen LogP) is 17.4. The number of benzene rings is 8. The van der Waals surface area contributed by atoms with E-state index in [9.17, 15) is 0 Å². The van der Waals surface area contributed by atoms with E-state index in [0.29, 0.717) is 5.92 Å². The molecule has 9 aromatic rings. The third-order valence-electron chi connectivity index (χ3n) is 13.5. The van der Waals surface area contributed by atoms with Crippen molar-refractivity contribution in [2.45, 2.75) is 90.4 Å². The van der Waals surface area contributed by atoms with Crippen LogP contribution in [0, 0.1) is 0 Å². The van der Waals surface area contributed by atoms with Crippen LogP contribution in [0.3, 0.4) is 0 Å². The fraction of sp³-hybridized carbons (Fsp3) is 0.233. The number of para-hydroxylation sites is 3. The van der Waals surface area contributed by atoms with Crippen molar-refractivity contribution in [3.63, 3.8) is 0 Å². The van der Waals surface area contributed by atoms with Crippen LogP contribution in [-0.4, -0.2) is 4.57 Å². The lowest BCUT2D eigenvalue weighted by Crippen LogP contribution is -2.19. The zero-order chi connectivity index (χ0) is 42.6. The Hall–Kier alpha value is -6.38. The van der Waals surface area contributed by atoms with Gasteiger partial charge in [-0.15, -0.1) is 0 Å². The number of aromatic nitrogens is 1. The van der Waals surface area contributed by atoms with Crippen molar-refractivity contribution < 1.29 is 0 Å². The summed E-state index contributed by atoms with van der Waals surface area (Å²) in [5.41, 5.74) is 16.2. The molecule has 1 aliphatic rings. The highest BCUT2D eigenvalue weighted by Gasteiger charge is 2.27. The van der Waals surface area contributed by atoms with Crippen molar-refractivity contribution in [3.05, 3.63) is 193 Å². The molecule has 0 spiro atoms. The fourth-order valence-corrected chi connectivity index (χ4v) is 10.2. The Bertz CT molecular complexity index is 3020. The summed E-state index contributed by atoms with van der Waals surface area (Å²) in [6.07, 6.45) is 6.51. The average molecular weight is 807 g/mol. The summed E-state index contributed by atoms with van der Waals surface area (Å²) in [5, 5.41) is 5.27. The standard InChI is InChI=1S/C60H58N2/c1-59(2,3)44-38-45(60(4,5)6)40-48(39-44)61(54-31-15-13-26-51(54)52-30-18-23-43-22-17-28-49(57(43)52)41-20-9-7-10-21-41)47-36-34-42(35-37-47)50-29-19-33-56-58(50)53-27-14-16-32-55(53)62(56)46-24-11-8-12-25-46/h8,11-19,22-41H,7,9-10,20-21H2,1-6H3. The molecule has 1 aromatic heterocycles. The van der Waals surface area contributed by atoms with Crippen molar-refractivity contribution in [3.8, 4) is 27.9 Å². The lowest BCUT2D eigenvalue weighted by atomic mass is 9.80. The number of fused-ring (bicyclic) bond motifs is 4. The maximum absolute atomic E-state index is 2.54. The Balaban J connectivity index is 1.18. The second-order valence-electron chi connectivity index (χ2n) is 19.6. The van der Waals surface area contributed by atoms with Gasteiger partial charge in [0, 0.05) is 33.4 Å². The van der Waals surface area contributed by atoms with Crippen LogP contribution in [-0.2, 0) is 10.8 Å². The van der Waals surface area contributed by atoms with Crippen LogP contribution < -0.4 is 4.90 Å². The minimum atomic E-state index is -0.0345. The van der Waals surface area contributed by atoms with E-state index >= 15 is 0 Å². The Morgan fingerprint density at radius 2 is 1.06 bits per heavy atom. The third-order valence-corrected chi connectivity index (χ3v) is 13.5. The number of anilines is 3. The number of hydrogen-bond donors (Lipinski definition) is 0. The summed E-state index contributed by atoms with van der Waals surface area (Å²) in [6.45, 7) is 14.0. The summed E-state index contributed by atoms with van der Waals surface area (Å²) in [6, 6.07) is 66.1. The number of hydrogen-bond acceptors (Lipinski definition) is 1. The largest absolute Gasteiger partial charge is 0.310 e. The van der Waals surface area contributed by atoms with Gasteiger partial charge in [0.2, 0.25) is 0 Å². The van der Waals surface area contributed by atoms with E-state index in [1.807, 2.05) is 0 Å². The number of nitrogens with zero attached hydrogens (tertiary/aromatic N) is 2. The molecule has 0 atom stereocenters. The molecule has 0 amide bonds. The second kappa shape index (κ2) is 15.8. The zero-order valence-electron chi connectivity index (χ0n) is 37.3. The molecule has 0 saturated heterocycles. The Morgan fingerprint density at radius 1 is 0.468 bits per heavy atom. The smallest absolute Gasteiger partial charge is 0.0547 e. The molecule has 0 aliphatic heterocycles. The predicted molar refractivity (Wildman–Crippen MR) is 267 cm³/mol. The van der Waals surface area contributed by atoms with Gasteiger partial charge in [-0.05, 0) is 128 Å². The minimum Gasteiger partial charge on any atom is -0.310 e. The van der Waals surface area contributed by atoms with Crippen LogP contribution in [0.1, 0.15) is 96.3 Å². The Labute approximate surface area is 368 Å². The van der Waals surface area contributed by atoms with Crippen molar-refractivity contribution >= 4 is 49.6 Å². The van der Waals surface area contributed by atoms with Crippen molar-refractivity contribution in [1.29, 1.82) is 0 Å². The lowest BCUT2D eigenvalue weighted by molar-refractivity contribution is 0.445. The fourth-order valence-electron chi connectivity index (χ4n) is 10.2. The van der Waals surface area contributed by atoms with Gasteiger partial charge < -0.3 is 9.47 Å². The van der Waals surface area contributed by atoms with E-state index in [1.165, 1.54) is 121 Å². The molecule has 1 saturated carbocycles. The molecule has 0 bridgehead atoms. The van der Waals surface area contributed by atoms with Crippen molar-refractivity contribution in [2.24, 2.45) is 0 Å². The monoisotopic (exact) mass is 806 g/mol. The van der Waals surface area contributed by atoms with Gasteiger partial charge in [-0.2, -0.15) is 0 Å². The SMILES string of the molecule is CC(C)(C)c1cc(N(c2ccc(-c3cccc4c3c3ccccc3n4-c3ccccc3)cc2)c2ccccc2-c2cccc3cccc(C4CCCCC4)c23)cc(C(C)(C)C)c1. The first-order valence-electron chi connectivity index (χ1n) is 22.8. The highest BCUT2D eigenvalue weighted by molar-refractivity contribution is 6.16. The summed E-state index contributed by atoms with van der Waals surface area (Å²) in [5.74, 6) is 0.591. The van der Waals surface area contributed by atoms with Crippen molar-refractivity contribution in [2.75, 3.05) is 4.90 Å². The van der Waals surface area contributed by atoms with E-state index in [4.69, 9.17) is 0 Å². The highest BCUT2D eigenvalue weighted by atomic mass is 15.1. The summed E-state index contributed by atoms with van der Waals surface area (Å²) < 4.78 is 2.41. The molecule has 1 fully saturated rings. The first-order chi connectivity index (χ1) is 30.0. The molecule has 0 radical (unpaired) electrons. The van der Waals surface area contributed by atoms with Crippen molar-refractivity contribution in [1.82, 2.24) is 4.57 Å². The van der Waals surface area contributed by atoms with Gasteiger partial charge in [0.15, 0.2) is 0 Å². The molecule has 62 heavy (non-hydrogen) atoms. The van der Waals surface area contributed by atoms with E-state index in [-0.39, 0.29) is 10.8 Å². The Kier molecular flexibility index (Phi) is 10.1. The summed E-state index contributed by atoms with van der Waals surface area (Å²) >= 11 is 0. The van der Waals surface area contributed by atoms with E-state index in [0.717, 1.165) is 5.69 Å². The Morgan fingerprint density at radius 3 is 1.79 bits per heavy atom. The van der Waals surface area contributed by atoms with Gasteiger partial charge in [0.25, 0.3) is 0 Å². The highest BCUT2D eigenvalue weighted by Crippen LogP contribution is 2.48. The quantitative estimate of drug-likeness (QED) is 0.156. The minimum absolute atomic E-state index is 0.0345. The third kappa shape index (κ3) is 7.20. The first-order valence-corrected chi connectivity index (χ1v) is 22.8. The van der Waals surface area contributed by atoms with Gasteiger partial charge in [0.1, 0.15) is 0 Å². The van der Waals surface area contributed by atoms with Gasteiger partial charge in [-0.3, -0.25) is 0 Å². The molecule has 1 aliphatic carbocycles. The van der Waals surface area contributed by atoms with Crippen LogP contribution in [0.2, 0.25) is 0 Å². The molecule has 8 aromatic carbocycles. The van der Waals surface area contributed by atoms with E-state index in [1.54, 1.807) is 0 Å². The average Bonchev–Trinajstić information content (AvgIpc) is 3.64. The molecule has 308 valence electrons. The van der Waals surface area contributed by atoms with E-state index < -0.39 is 0 Å². The molecule has 1 heterocycles. The van der Waals surface area contributed by atoms with E-state index in [2.05, 4.69) is 227 Å². The second-order valence-corrected chi connectivity index (χ2v) is 19.6. The van der Waals surface area contributed by atoms with Crippen LogP contribution in [0.4, 0.5) is 17.1 Å². The van der Waals surface area contributed by atoms with Crippen LogP contribution >= 0.6 is 0 Å². The molecule has 10 rings (SSSR count). The maximum Gasteiger partial charge on any atom is 0.0547 e. The molecule has 0 N–H and O–H groups in total.